The molecule has 0 saturated carbocycles. The van der Waals surface area contributed by atoms with Gasteiger partial charge in [-0.1, -0.05) is 40.2 Å². The van der Waals surface area contributed by atoms with Crippen LogP contribution >= 0.6 is 27.3 Å². The van der Waals surface area contributed by atoms with Crippen molar-refractivity contribution in [3.05, 3.63) is 68.7 Å². The van der Waals surface area contributed by atoms with Crippen LogP contribution in [0, 0.1) is 6.92 Å². The second-order valence-electron chi connectivity index (χ2n) is 4.53. The second-order valence-corrected chi connectivity index (χ2v) is 6.67. The number of halogens is 1. The van der Waals surface area contributed by atoms with Crippen LogP contribution in [-0.4, -0.2) is 9.97 Å². The monoisotopic (exact) mass is 344 g/mol. The zero-order valence-corrected chi connectivity index (χ0v) is 13.4. The van der Waals surface area contributed by atoms with Gasteiger partial charge in [-0.15, -0.1) is 11.3 Å². The van der Waals surface area contributed by atoms with Crippen molar-refractivity contribution in [3.63, 3.8) is 0 Å². The fourth-order valence-corrected chi connectivity index (χ4v) is 3.56. The second kappa shape index (κ2) is 5.85. The summed E-state index contributed by atoms with van der Waals surface area (Å²) in [5.41, 5.74) is 3.42. The maximum absolute atomic E-state index is 4.80. The predicted molar refractivity (Wildman–Crippen MR) is 87.0 cm³/mol. The Morgan fingerprint density at radius 2 is 2.00 bits per heavy atom. The molecule has 0 radical (unpaired) electrons. The number of aromatic nitrogens is 2. The minimum atomic E-state index is 0.837. The Kier molecular flexibility index (Phi) is 3.94. The number of hydrogen-bond acceptors (Lipinski definition) is 3. The summed E-state index contributed by atoms with van der Waals surface area (Å²) in [6.45, 7) is 2.12. The number of benzene rings is 1. The van der Waals surface area contributed by atoms with E-state index in [9.17, 15) is 0 Å². The summed E-state index contributed by atoms with van der Waals surface area (Å²) in [7, 11) is 0. The molecule has 4 heteroatoms. The van der Waals surface area contributed by atoms with Crippen LogP contribution in [0.2, 0.25) is 0 Å². The molecule has 0 aliphatic rings. The third-order valence-corrected chi connectivity index (χ3v) is 4.71. The van der Waals surface area contributed by atoms with Crippen molar-refractivity contribution in [1.82, 2.24) is 9.97 Å². The summed E-state index contributed by atoms with van der Waals surface area (Å²) in [5, 5.41) is 1.13. The molecule has 100 valence electrons. The van der Waals surface area contributed by atoms with Gasteiger partial charge in [0.15, 0.2) is 0 Å². The third-order valence-electron chi connectivity index (χ3n) is 3.05. The van der Waals surface area contributed by atoms with E-state index in [4.69, 9.17) is 4.98 Å². The number of hydrogen-bond donors (Lipinski definition) is 0. The van der Waals surface area contributed by atoms with E-state index in [0.717, 1.165) is 27.2 Å². The lowest BCUT2D eigenvalue weighted by Crippen LogP contribution is -1.88. The molecule has 0 unspecified atom stereocenters. The summed E-state index contributed by atoms with van der Waals surface area (Å²) < 4.78 is 1.08. The molecule has 0 fully saturated rings. The highest BCUT2D eigenvalue weighted by Crippen LogP contribution is 2.33. The Balaban J connectivity index is 1.94. The maximum atomic E-state index is 4.80. The van der Waals surface area contributed by atoms with E-state index in [1.165, 1.54) is 10.4 Å². The standard InChI is InChI=1S/C16H13BrN2S/c1-11-16(13-6-2-3-7-14(13)17)19-15(20-11)9-12-5-4-8-18-10-12/h2-8,10H,9H2,1H3. The lowest BCUT2D eigenvalue weighted by Gasteiger charge is -2.01. The van der Waals surface area contributed by atoms with Crippen LogP contribution < -0.4 is 0 Å². The quantitative estimate of drug-likeness (QED) is 0.677. The topological polar surface area (TPSA) is 25.8 Å². The molecule has 0 aliphatic carbocycles. The first-order valence-electron chi connectivity index (χ1n) is 6.34. The van der Waals surface area contributed by atoms with E-state index >= 15 is 0 Å². The van der Waals surface area contributed by atoms with Crippen LogP contribution in [0.1, 0.15) is 15.4 Å². The van der Waals surface area contributed by atoms with Crippen molar-refractivity contribution in [3.8, 4) is 11.3 Å². The molecular weight excluding hydrogens is 332 g/mol. The molecule has 0 N–H and O–H groups in total. The molecule has 0 amide bonds. The number of thiazole rings is 1. The molecule has 0 bridgehead atoms. The summed E-state index contributed by atoms with van der Waals surface area (Å²) in [6, 6.07) is 12.3. The van der Waals surface area contributed by atoms with Gasteiger partial charge in [-0.2, -0.15) is 0 Å². The molecule has 2 aromatic heterocycles. The Bertz CT molecular complexity index is 722. The van der Waals surface area contributed by atoms with Gasteiger partial charge in [0, 0.05) is 33.7 Å². The Morgan fingerprint density at radius 1 is 1.15 bits per heavy atom. The van der Waals surface area contributed by atoms with Crippen LogP contribution in [0.25, 0.3) is 11.3 Å². The average Bonchev–Trinajstić information content (AvgIpc) is 2.81. The summed E-state index contributed by atoms with van der Waals surface area (Å²) in [4.78, 5) is 10.2. The van der Waals surface area contributed by atoms with Crippen LogP contribution in [0.3, 0.4) is 0 Å². The first-order chi connectivity index (χ1) is 9.74. The lowest BCUT2D eigenvalue weighted by molar-refractivity contribution is 1.11. The highest BCUT2D eigenvalue weighted by Gasteiger charge is 2.12. The van der Waals surface area contributed by atoms with Gasteiger partial charge in [0.1, 0.15) is 0 Å². The van der Waals surface area contributed by atoms with Gasteiger partial charge < -0.3 is 0 Å². The van der Waals surface area contributed by atoms with E-state index < -0.39 is 0 Å². The van der Waals surface area contributed by atoms with Gasteiger partial charge >= 0.3 is 0 Å². The summed E-state index contributed by atoms with van der Waals surface area (Å²) in [6.07, 6.45) is 4.53. The first kappa shape index (κ1) is 13.5. The molecular formula is C16H13BrN2S. The van der Waals surface area contributed by atoms with Crippen LogP contribution in [-0.2, 0) is 6.42 Å². The minimum Gasteiger partial charge on any atom is -0.264 e. The summed E-state index contributed by atoms with van der Waals surface area (Å²) >= 11 is 5.35. The van der Waals surface area contributed by atoms with E-state index in [1.807, 2.05) is 24.4 Å². The molecule has 2 nitrogen and oxygen atoms in total. The zero-order chi connectivity index (χ0) is 13.9. The molecule has 1 aromatic carbocycles. The molecule has 0 spiro atoms. The van der Waals surface area contributed by atoms with E-state index in [-0.39, 0.29) is 0 Å². The highest BCUT2D eigenvalue weighted by molar-refractivity contribution is 9.10. The predicted octanol–water partition coefficient (Wildman–Crippen LogP) is 4.87. The molecule has 3 rings (SSSR count). The van der Waals surface area contributed by atoms with Gasteiger partial charge in [0.05, 0.1) is 10.7 Å². The van der Waals surface area contributed by atoms with Gasteiger partial charge in [-0.3, -0.25) is 4.98 Å². The van der Waals surface area contributed by atoms with Gasteiger partial charge in [-0.05, 0) is 24.6 Å². The SMILES string of the molecule is Cc1sc(Cc2cccnc2)nc1-c1ccccc1Br. The smallest absolute Gasteiger partial charge is 0.0979 e. The fraction of sp³-hybridized carbons (Fsp3) is 0.125. The molecule has 0 saturated heterocycles. The third kappa shape index (κ3) is 2.81. The molecule has 2 heterocycles. The van der Waals surface area contributed by atoms with Crippen molar-refractivity contribution in [2.24, 2.45) is 0 Å². The van der Waals surface area contributed by atoms with Gasteiger partial charge in [0.2, 0.25) is 0 Å². The average molecular weight is 345 g/mol. The number of nitrogens with zero attached hydrogens (tertiary/aromatic N) is 2. The number of pyridine rings is 1. The van der Waals surface area contributed by atoms with Crippen LogP contribution in [0.5, 0.6) is 0 Å². The van der Waals surface area contributed by atoms with Crippen molar-refractivity contribution in [2.45, 2.75) is 13.3 Å². The first-order valence-corrected chi connectivity index (χ1v) is 7.95. The zero-order valence-electron chi connectivity index (χ0n) is 11.0. The Morgan fingerprint density at radius 3 is 2.75 bits per heavy atom. The molecule has 3 aromatic rings. The van der Waals surface area contributed by atoms with Crippen molar-refractivity contribution < 1.29 is 0 Å². The number of rotatable bonds is 3. The fourth-order valence-electron chi connectivity index (χ4n) is 2.11. The Hall–Kier alpha value is -1.52. The largest absolute Gasteiger partial charge is 0.264 e. The molecule has 20 heavy (non-hydrogen) atoms. The van der Waals surface area contributed by atoms with Crippen molar-refractivity contribution in [1.29, 1.82) is 0 Å². The number of aryl methyl sites for hydroxylation is 1. The lowest BCUT2D eigenvalue weighted by atomic mass is 10.1. The molecule has 0 atom stereocenters. The van der Waals surface area contributed by atoms with Crippen molar-refractivity contribution in [2.75, 3.05) is 0 Å². The van der Waals surface area contributed by atoms with Gasteiger partial charge in [-0.25, -0.2) is 4.98 Å². The van der Waals surface area contributed by atoms with Crippen LogP contribution in [0.15, 0.2) is 53.3 Å². The Labute approximate surface area is 130 Å². The van der Waals surface area contributed by atoms with E-state index in [1.54, 1.807) is 17.5 Å². The minimum absolute atomic E-state index is 0.837. The maximum Gasteiger partial charge on any atom is 0.0979 e. The van der Waals surface area contributed by atoms with E-state index in [2.05, 4.69) is 46.0 Å². The van der Waals surface area contributed by atoms with E-state index in [0.29, 0.717) is 0 Å². The van der Waals surface area contributed by atoms with Crippen molar-refractivity contribution >= 4 is 27.3 Å². The van der Waals surface area contributed by atoms with Crippen LogP contribution in [0.4, 0.5) is 0 Å². The summed E-state index contributed by atoms with van der Waals surface area (Å²) in [5.74, 6) is 0. The highest BCUT2D eigenvalue weighted by atomic mass is 79.9. The molecule has 0 aliphatic heterocycles. The van der Waals surface area contributed by atoms with Gasteiger partial charge in [0.25, 0.3) is 0 Å². The normalized spacial score (nSPS) is 10.7.